The molecule has 188 valence electrons. The number of hydrogen-bond donors (Lipinski definition) is 2. The number of carbonyl (C=O) groups excluding carboxylic acids is 1. The average Bonchev–Trinajstić information content (AvgIpc) is 3.51. The van der Waals surface area contributed by atoms with Crippen molar-refractivity contribution in [3.8, 4) is 5.75 Å². The van der Waals surface area contributed by atoms with E-state index in [2.05, 4.69) is 10.6 Å². The highest BCUT2D eigenvalue weighted by Crippen LogP contribution is 2.46. The summed E-state index contributed by atoms with van der Waals surface area (Å²) in [4.78, 5) is 11.9. The number of benzene rings is 3. The molecule has 36 heavy (non-hydrogen) atoms. The van der Waals surface area contributed by atoms with Crippen LogP contribution in [0.25, 0.3) is 0 Å². The molecule has 0 aromatic heterocycles. The van der Waals surface area contributed by atoms with Crippen LogP contribution in [-0.4, -0.2) is 19.7 Å². The van der Waals surface area contributed by atoms with Gasteiger partial charge in [0.15, 0.2) is 11.6 Å². The normalized spacial score (nSPS) is 16.2. The predicted octanol–water partition coefficient (Wildman–Crippen LogP) is 6.91. The molecular weight excluding hydrogens is 486 g/mol. The van der Waals surface area contributed by atoms with E-state index in [1.807, 2.05) is 18.2 Å². The van der Waals surface area contributed by atoms with E-state index in [0.29, 0.717) is 46.7 Å². The SMILES string of the molecule is COC(=O)c1ccc(CC2(c3ccc(Cl)cc3OCC3CCCC3)Nc3cc(F)c(F)cc3N2)cc1. The smallest absolute Gasteiger partial charge is 0.337 e. The van der Waals surface area contributed by atoms with Gasteiger partial charge in [-0.2, -0.15) is 0 Å². The second-order valence-electron chi connectivity index (χ2n) is 9.43. The maximum atomic E-state index is 14.1. The van der Waals surface area contributed by atoms with Crippen LogP contribution < -0.4 is 15.4 Å². The van der Waals surface area contributed by atoms with E-state index >= 15 is 0 Å². The summed E-state index contributed by atoms with van der Waals surface area (Å²) in [6, 6.07) is 14.8. The first kappa shape index (κ1) is 24.4. The molecule has 3 aromatic carbocycles. The maximum absolute atomic E-state index is 14.1. The number of methoxy groups -OCH3 is 1. The number of hydrogen-bond acceptors (Lipinski definition) is 5. The third kappa shape index (κ3) is 4.85. The highest BCUT2D eigenvalue weighted by molar-refractivity contribution is 6.30. The predicted molar refractivity (Wildman–Crippen MR) is 136 cm³/mol. The Morgan fingerprint density at radius 3 is 2.25 bits per heavy atom. The molecule has 0 saturated heterocycles. The molecule has 0 radical (unpaired) electrons. The van der Waals surface area contributed by atoms with Crippen LogP contribution in [0.3, 0.4) is 0 Å². The van der Waals surface area contributed by atoms with Crippen LogP contribution in [0, 0.1) is 17.6 Å². The summed E-state index contributed by atoms with van der Waals surface area (Å²) in [6.07, 6.45) is 5.06. The van der Waals surface area contributed by atoms with Crippen molar-refractivity contribution < 1.29 is 23.0 Å². The zero-order valence-electron chi connectivity index (χ0n) is 19.9. The molecule has 1 aliphatic heterocycles. The maximum Gasteiger partial charge on any atom is 0.337 e. The number of esters is 1. The first-order valence-electron chi connectivity index (χ1n) is 12.0. The van der Waals surface area contributed by atoms with E-state index in [4.69, 9.17) is 21.1 Å². The van der Waals surface area contributed by atoms with Crippen molar-refractivity contribution in [2.45, 2.75) is 37.8 Å². The van der Waals surface area contributed by atoms with E-state index < -0.39 is 23.3 Å². The van der Waals surface area contributed by atoms with E-state index in [0.717, 1.165) is 36.1 Å². The molecule has 0 spiro atoms. The summed E-state index contributed by atoms with van der Waals surface area (Å²) in [7, 11) is 1.33. The van der Waals surface area contributed by atoms with Gasteiger partial charge in [-0.3, -0.25) is 0 Å². The van der Waals surface area contributed by atoms with Crippen molar-refractivity contribution in [1.82, 2.24) is 0 Å². The minimum absolute atomic E-state index is 0.383. The Hall–Kier alpha value is -3.32. The van der Waals surface area contributed by atoms with Crippen LogP contribution in [0.5, 0.6) is 5.75 Å². The van der Waals surface area contributed by atoms with Crippen molar-refractivity contribution in [3.63, 3.8) is 0 Å². The zero-order valence-corrected chi connectivity index (χ0v) is 20.6. The molecule has 5 rings (SSSR count). The average molecular weight is 513 g/mol. The Kier molecular flexibility index (Phi) is 6.75. The minimum atomic E-state index is -0.981. The lowest BCUT2D eigenvalue weighted by molar-refractivity contribution is 0.0600. The lowest BCUT2D eigenvalue weighted by Crippen LogP contribution is -2.41. The van der Waals surface area contributed by atoms with Gasteiger partial charge in [0.2, 0.25) is 0 Å². The number of halogens is 3. The lowest BCUT2D eigenvalue weighted by atomic mass is 9.91. The van der Waals surface area contributed by atoms with Crippen molar-refractivity contribution in [2.24, 2.45) is 5.92 Å². The summed E-state index contributed by atoms with van der Waals surface area (Å²) < 4.78 is 39.3. The second kappa shape index (κ2) is 9.97. The van der Waals surface area contributed by atoms with Gasteiger partial charge in [0, 0.05) is 29.1 Å². The molecule has 1 aliphatic carbocycles. The van der Waals surface area contributed by atoms with Gasteiger partial charge in [-0.05, 0) is 54.7 Å². The fourth-order valence-electron chi connectivity index (χ4n) is 5.10. The lowest BCUT2D eigenvalue weighted by Gasteiger charge is -2.33. The molecule has 2 N–H and O–H groups in total. The first-order valence-corrected chi connectivity index (χ1v) is 12.4. The Morgan fingerprint density at radius 1 is 1.00 bits per heavy atom. The Morgan fingerprint density at radius 2 is 1.64 bits per heavy atom. The first-order chi connectivity index (χ1) is 17.4. The molecule has 0 amide bonds. The van der Waals surface area contributed by atoms with Gasteiger partial charge in [-0.1, -0.05) is 36.6 Å². The molecule has 0 atom stereocenters. The number of fused-ring (bicyclic) bond motifs is 1. The number of nitrogens with one attached hydrogen (secondary N) is 2. The monoisotopic (exact) mass is 512 g/mol. The van der Waals surface area contributed by atoms with Crippen LogP contribution >= 0.6 is 11.6 Å². The summed E-state index contributed by atoms with van der Waals surface area (Å²) in [5.41, 5.74) is 1.98. The van der Waals surface area contributed by atoms with Crippen LogP contribution in [0.2, 0.25) is 5.02 Å². The molecule has 5 nitrogen and oxygen atoms in total. The Labute approximate surface area is 213 Å². The number of carbonyl (C=O) groups is 1. The molecule has 0 unspecified atom stereocenters. The van der Waals surface area contributed by atoms with Gasteiger partial charge in [0.1, 0.15) is 11.4 Å². The van der Waals surface area contributed by atoms with E-state index in [9.17, 15) is 13.6 Å². The van der Waals surface area contributed by atoms with E-state index in [-0.39, 0.29) is 0 Å². The van der Waals surface area contributed by atoms with Gasteiger partial charge in [-0.25, -0.2) is 13.6 Å². The van der Waals surface area contributed by atoms with Crippen molar-refractivity contribution in [1.29, 1.82) is 0 Å². The highest BCUT2D eigenvalue weighted by atomic mass is 35.5. The van der Waals surface area contributed by atoms with Crippen LogP contribution in [0.1, 0.15) is 47.2 Å². The van der Waals surface area contributed by atoms with E-state index in [1.54, 1.807) is 24.3 Å². The second-order valence-corrected chi connectivity index (χ2v) is 9.87. The molecule has 2 aliphatic rings. The number of ether oxygens (including phenoxy) is 2. The summed E-state index contributed by atoms with van der Waals surface area (Å²) in [5.74, 6) is -1.20. The molecule has 8 heteroatoms. The van der Waals surface area contributed by atoms with Crippen LogP contribution in [0.15, 0.2) is 54.6 Å². The van der Waals surface area contributed by atoms with Crippen LogP contribution in [-0.2, 0) is 16.8 Å². The van der Waals surface area contributed by atoms with Crippen molar-refractivity contribution in [3.05, 3.63) is 87.9 Å². The molecular formula is C28H27ClF2N2O3. The molecule has 0 bridgehead atoms. The largest absolute Gasteiger partial charge is 0.493 e. The fourth-order valence-corrected chi connectivity index (χ4v) is 5.26. The standard InChI is InChI=1S/C28H27ClF2N2O3/c1-35-27(34)19-8-6-17(7-9-19)15-28(32-24-13-22(30)23(31)14-25(24)33-28)21-11-10-20(29)12-26(21)36-16-18-4-2-3-5-18/h6-14,18,32-33H,2-5,15-16H2,1H3. The Bertz CT molecular complexity index is 1250. The summed E-state index contributed by atoms with van der Waals surface area (Å²) in [6.45, 7) is 0.577. The van der Waals surface area contributed by atoms with E-state index in [1.165, 1.54) is 20.0 Å². The van der Waals surface area contributed by atoms with Gasteiger partial charge in [0.05, 0.1) is 30.7 Å². The number of rotatable bonds is 7. The number of anilines is 2. The Balaban J connectivity index is 1.53. The third-order valence-electron chi connectivity index (χ3n) is 6.95. The van der Waals surface area contributed by atoms with Gasteiger partial charge in [-0.15, -0.1) is 0 Å². The van der Waals surface area contributed by atoms with Crippen LogP contribution in [0.4, 0.5) is 20.2 Å². The van der Waals surface area contributed by atoms with Gasteiger partial charge in [0.25, 0.3) is 0 Å². The molecule has 1 saturated carbocycles. The molecule has 3 aromatic rings. The van der Waals surface area contributed by atoms with Gasteiger partial charge < -0.3 is 20.1 Å². The highest BCUT2D eigenvalue weighted by Gasteiger charge is 2.41. The topological polar surface area (TPSA) is 59.6 Å². The minimum Gasteiger partial charge on any atom is -0.493 e. The quantitative estimate of drug-likeness (QED) is 0.337. The third-order valence-corrected chi connectivity index (χ3v) is 7.19. The molecule has 1 heterocycles. The zero-order chi connectivity index (χ0) is 25.3. The summed E-state index contributed by atoms with van der Waals surface area (Å²) >= 11 is 6.35. The van der Waals surface area contributed by atoms with Crippen molar-refractivity contribution in [2.75, 3.05) is 24.4 Å². The molecule has 1 fully saturated rings. The van der Waals surface area contributed by atoms with Crippen molar-refractivity contribution >= 4 is 28.9 Å². The fraction of sp³-hybridized carbons (Fsp3) is 0.321. The van der Waals surface area contributed by atoms with Gasteiger partial charge >= 0.3 is 5.97 Å². The summed E-state index contributed by atoms with van der Waals surface area (Å²) in [5, 5.41) is 7.30.